The van der Waals surface area contributed by atoms with Gasteiger partial charge >= 0.3 is 22.3 Å². The highest BCUT2D eigenvalue weighted by Crippen LogP contribution is 2.25. The second-order valence-corrected chi connectivity index (χ2v) is 6.07. The lowest BCUT2D eigenvalue weighted by Gasteiger charge is -2.25. The second kappa shape index (κ2) is 5.55. The van der Waals surface area contributed by atoms with Crippen molar-refractivity contribution in [2.45, 2.75) is 19.6 Å². The van der Waals surface area contributed by atoms with Gasteiger partial charge in [0.25, 0.3) is 0 Å². The SMILES string of the molecule is CC1N(C)C(=O)N(Cc2ccccc2C(=O)O)N1S(=O)(=O)O. The van der Waals surface area contributed by atoms with Crippen molar-refractivity contribution in [2.24, 2.45) is 0 Å². The van der Waals surface area contributed by atoms with Gasteiger partial charge in [0.2, 0.25) is 0 Å². The molecule has 2 N–H and O–H groups in total. The van der Waals surface area contributed by atoms with Gasteiger partial charge in [-0.1, -0.05) is 22.6 Å². The molecule has 1 fully saturated rings. The normalized spacial score (nSPS) is 19.8. The monoisotopic (exact) mass is 329 g/mol. The number of rotatable bonds is 4. The number of carbonyl (C=O) groups is 2. The minimum absolute atomic E-state index is 0.0483. The van der Waals surface area contributed by atoms with E-state index in [2.05, 4.69) is 0 Å². The third-order valence-electron chi connectivity index (χ3n) is 3.44. The summed E-state index contributed by atoms with van der Waals surface area (Å²) in [5.74, 6) is -1.19. The zero-order chi connectivity index (χ0) is 16.7. The first-order chi connectivity index (χ1) is 10.1. The number of carboxylic acid groups (broad SMARTS) is 1. The molecular formula is C12H15N3O6S. The van der Waals surface area contributed by atoms with Crippen molar-refractivity contribution in [1.29, 1.82) is 0 Å². The number of hydrogen-bond acceptors (Lipinski definition) is 4. The number of nitrogens with zero attached hydrogens (tertiary/aromatic N) is 3. The Labute approximate surface area is 127 Å². The molecule has 0 aromatic heterocycles. The molecule has 1 aliphatic heterocycles. The fourth-order valence-electron chi connectivity index (χ4n) is 2.26. The van der Waals surface area contributed by atoms with Crippen LogP contribution in [-0.2, 0) is 16.8 Å². The topological polar surface area (TPSA) is 118 Å². The summed E-state index contributed by atoms with van der Waals surface area (Å²) in [4.78, 5) is 24.5. The van der Waals surface area contributed by atoms with Crippen LogP contribution in [0.2, 0.25) is 0 Å². The van der Waals surface area contributed by atoms with Crippen LogP contribution in [0.15, 0.2) is 24.3 Å². The number of amides is 2. The molecular weight excluding hydrogens is 314 g/mol. The standard InChI is InChI=1S/C12H15N3O6S/c1-8-13(2)12(18)14(15(8)22(19,20)21)7-9-5-3-4-6-10(9)11(16)17/h3-6,8H,7H2,1-2H3,(H,16,17)(H,19,20,21). The van der Waals surface area contributed by atoms with E-state index in [-0.39, 0.29) is 17.7 Å². The van der Waals surface area contributed by atoms with Crippen molar-refractivity contribution in [3.05, 3.63) is 35.4 Å². The van der Waals surface area contributed by atoms with Crippen molar-refractivity contribution >= 4 is 22.3 Å². The maximum absolute atomic E-state index is 12.1. The highest BCUT2D eigenvalue weighted by molar-refractivity contribution is 7.83. The molecule has 0 spiro atoms. The fraction of sp³-hybridized carbons (Fsp3) is 0.333. The largest absolute Gasteiger partial charge is 0.478 e. The van der Waals surface area contributed by atoms with Gasteiger partial charge in [0.1, 0.15) is 6.17 Å². The Hall–Kier alpha value is -2.17. The Morgan fingerprint density at radius 2 is 1.91 bits per heavy atom. The number of hydrogen-bond donors (Lipinski definition) is 2. The van der Waals surface area contributed by atoms with E-state index < -0.39 is 28.5 Å². The third-order valence-corrected chi connectivity index (χ3v) is 4.42. The molecule has 1 heterocycles. The van der Waals surface area contributed by atoms with Crippen molar-refractivity contribution in [1.82, 2.24) is 14.3 Å². The van der Waals surface area contributed by atoms with Gasteiger partial charge in [0, 0.05) is 7.05 Å². The van der Waals surface area contributed by atoms with E-state index in [0.717, 1.165) is 9.91 Å². The van der Waals surface area contributed by atoms with Crippen molar-refractivity contribution in [3.63, 3.8) is 0 Å². The minimum Gasteiger partial charge on any atom is -0.478 e. The molecule has 0 saturated carbocycles. The van der Waals surface area contributed by atoms with Gasteiger partial charge in [-0.15, -0.1) is 0 Å². The highest BCUT2D eigenvalue weighted by Gasteiger charge is 2.46. The molecule has 0 bridgehead atoms. The number of urea groups is 1. The van der Waals surface area contributed by atoms with Gasteiger partial charge < -0.3 is 10.0 Å². The van der Waals surface area contributed by atoms with Crippen LogP contribution in [0.1, 0.15) is 22.8 Å². The Morgan fingerprint density at radius 1 is 1.32 bits per heavy atom. The average molecular weight is 329 g/mol. The number of carbonyl (C=O) groups excluding carboxylic acids is 1. The Morgan fingerprint density at radius 3 is 2.45 bits per heavy atom. The maximum Gasteiger partial charge on any atom is 0.355 e. The van der Waals surface area contributed by atoms with Crippen LogP contribution >= 0.6 is 0 Å². The number of benzene rings is 1. The molecule has 0 radical (unpaired) electrons. The predicted molar refractivity (Wildman–Crippen MR) is 75.0 cm³/mol. The van der Waals surface area contributed by atoms with Gasteiger partial charge in [0.15, 0.2) is 0 Å². The average Bonchev–Trinajstić information content (AvgIpc) is 2.63. The minimum atomic E-state index is -4.67. The molecule has 1 aliphatic rings. The third kappa shape index (κ3) is 2.75. The lowest BCUT2D eigenvalue weighted by molar-refractivity contribution is 0.0687. The molecule has 9 nitrogen and oxygen atoms in total. The summed E-state index contributed by atoms with van der Waals surface area (Å²) in [6.07, 6.45) is -0.917. The predicted octanol–water partition coefficient (Wildman–Crippen LogP) is 0.618. The van der Waals surface area contributed by atoms with Crippen LogP contribution in [0.5, 0.6) is 0 Å². The molecule has 2 amide bonds. The summed E-state index contributed by atoms with van der Waals surface area (Å²) >= 11 is 0. The number of carboxylic acids is 1. The van der Waals surface area contributed by atoms with Gasteiger partial charge in [-0.2, -0.15) is 8.42 Å². The zero-order valence-electron chi connectivity index (χ0n) is 11.9. The molecule has 1 unspecified atom stereocenters. The van der Waals surface area contributed by atoms with E-state index in [9.17, 15) is 22.6 Å². The molecule has 1 saturated heterocycles. The van der Waals surface area contributed by atoms with Gasteiger partial charge in [-0.25, -0.2) is 14.6 Å². The second-order valence-electron chi connectivity index (χ2n) is 4.80. The summed E-state index contributed by atoms with van der Waals surface area (Å²) in [6.45, 7) is 1.13. The Bertz CT molecular complexity index is 719. The summed E-state index contributed by atoms with van der Waals surface area (Å²) in [5, 5.41) is 9.93. The van der Waals surface area contributed by atoms with E-state index in [0.29, 0.717) is 4.41 Å². The smallest absolute Gasteiger partial charge is 0.355 e. The molecule has 22 heavy (non-hydrogen) atoms. The number of hydrazine groups is 1. The first kappa shape index (κ1) is 16.2. The van der Waals surface area contributed by atoms with Crippen molar-refractivity contribution < 1.29 is 27.7 Å². The van der Waals surface area contributed by atoms with Crippen LogP contribution < -0.4 is 0 Å². The molecule has 10 heteroatoms. The summed E-state index contributed by atoms with van der Waals surface area (Å²) in [6, 6.07) is 5.26. The van der Waals surface area contributed by atoms with E-state index in [1.807, 2.05) is 0 Å². The molecule has 1 aromatic carbocycles. The van der Waals surface area contributed by atoms with Crippen LogP contribution in [0.25, 0.3) is 0 Å². The summed E-state index contributed by atoms with van der Waals surface area (Å²) in [7, 11) is -3.29. The zero-order valence-corrected chi connectivity index (χ0v) is 12.7. The first-order valence-corrected chi connectivity index (χ1v) is 7.66. The molecule has 120 valence electrons. The Kier molecular flexibility index (Phi) is 4.09. The fourth-order valence-corrected chi connectivity index (χ4v) is 3.16. The first-order valence-electron chi connectivity index (χ1n) is 6.27. The summed E-state index contributed by atoms with van der Waals surface area (Å²) in [5.41, 5.74) is 0.201. The van der Waals surface area contributed by atoms with Crippen LogP contribution in [0.4, 0.5) is 4.79 Å². The molecule has 1 atom stereocenters. The van der Waals surface area contributed by atoms with E-state index >= 15 is 0 Å². The lowest BCUT2D eigenvalue weighted by Crippen LogP contribution is -2.45. The molecule has 2 rings (SSSR count). The van der Waals surface area contributed by atoms with Crippen LogP contribution in [0.3, 0.4) is 0 Å². The van der Waals surface area contributed by atoms with Crippen molar-refractivity contribution in [3.8, 4) is 0 Å². The van der Waals surface area contributed by atoms with Crippen LogP contribution in [-0.4, -0.2) is 57.6 Å². The van der Waals surface area contributed by atoms with Crippen LogP contribution in [0, 0.1) is 0 Å². The molecule has 0 aliphatic carbocycles. The maximum atomic E-state index is 12.1. The Balaban J connectivity index is 2.43. The highest BCUT2D eigenvalue weighted by atomic mass is 32.2. The lowest BCUT2D eigenvalue weighted by atomic mass is 10.1. The number of aromatic carboxylic acids is 1. The van der Waals surface area contributed by atoms with E-state index in [1.54, 1.807) is 6.07 Å². The van der Waals surface area contributed by atoms with Gasteiger partial charge in [0.05, 0.1) is 12.1 Å². The van der Waals surface area contributed by atoms with Gasteiger partial charge in [-0.05, 0) is 18.6 Å². The quantitative estimate of drug-likeness (QED) is 0.782. The van der Waals surface area contributed by atoms with Gasteiger partial charge in [-0.3, -0.25) is 4.55 Å². The van der Waals surface area contributed by atoms with E-state index in [4.69, 9.17) is 5.11 Å². The van der Waals surface area contributed by atoms with Crippen molar-refractivity contribution in [2.75, 3.05) is 7.05 Å². The van der Waals surface area contributed by atoms with E-state index in [1.165, 1.54) is 32.2 Å². The molecule has 1 aromatic rings. The summed E-state index contributed by atoms with van der Waals surface area (Å²) < 4.78 is 32.8.